The highest BCUT2D eigenvalue weighted by Crippen LogP contribution is 2.52. The Hall–Kier alpha value is -2.42. The van der Waals surface area contributed by atoms with E-state index in [0.717, 1.165) is 22.7 Å². The van der Waals surface area contributed by atoms with E-state index in [1.54, 1.807) is 7.11 Å². The normalized spacial score (nSPS) is 17.1. The summed E-state index contributed by atoms with van der Waals surface area (Å²) in [7, 11) is 3.78. The largest absolute Gasteiger partial charge is 0.497 e. The number of ether oxygens (including phenoxy) is 2. The van der Waals surface area contributed by atoms with Gasteiger partial charge < -0.3 is 14.4 Å². The van der Waals surface area contributed by atoms with Crippen molar-refractivity contribution in [2.45, 2.75) is 19.4 Å². The fourth-order valence-electron chi connectivity index (χ4n) is 3.38. The molecule has 0 amide bonds. The third-order valence-electron chi connectivity index (χ3n) is 4.34. The molecule has 0 spiro atoms. The summed E-state index contributed by atoms with van der Waals surface area (Å²) in [6, 6.07) is 12.5. The topological polar surface area (TPSA) is 21.7 Å². The zero-order valence-electron chi connectivity index (χ0n) is 13.3. The molecule has 3 heteroatoms. The van der Waals surface area contributed by atoms with Crippen LogP contribution >= 0.6 is 0 Å². The fourth-order valence-corrected chi connectivity index (χ4v) is 3.38. The van der Waals surface area contributed by atoms with E-state index in [1.165, 1.54) is 16.8 Å². The van der Waals surface area contributed by atoms with Gasteiger partial charge in [0.2, 0.25) is 0 Å². The second-order valence-electron chi connectivity index (χ2n) is 6.36. The highest BCUT2D eigenvalue weighted by atomic mass is 16.5. The molecule has 0 N–H and O–H groups in total. The van der Waals surface area contributed by atoms with Gasteiger partial charge >= 0.3 is 0 Å². The number of para-hydroxylation sites is 1. The molecule has 2 aliphatic heterocycles. The molecule has 0 saturated carbocycles. The van der Waals surface area contributed by atoms with Crippen molar-refractivity contribution in [3.63, 3.8) is 0 Å². The first-order chi connectivity index (χ1) is 10.5. The molecule has 2 heterocycles. The Balaban J connectivity index is 2.08. The summed E-state index contributed by atoms with van der Waals surface area (Å²) in [6.45, 7) is 4.17. The Morgan fingerprint density at radius 3 is 2.64 bits per heavy atom. The summed E-state index contributed by atoms with van der Waals surface area (Å²) in [4.78, 5) is 2.20. The summed E-state index contributed by atoms with van der Waals surface area (Å²) < 4.78 is 11.6. The van der Waals surface area contributed by atoms with Crippen molar-refractivity contribution in [3.8, 4) is 11.5 Å². The van der Waals surface area contributed by atoms with Gasteiger partial charge in [0.15, 0.2) is 0 Å². The van der Waals surface area contributed by atoms with Gasteiger partial charge in [-0.15, -0.1) is 0 Å². The molecule has 0 fully saturated rings. The summed E-state index contributed by atoms with van der Waals surface area (Å²) in [5, 5.41) is 0. The number of anilines is 2. The van der Waals surface area contributed by atoms with E-state index in [9.17, 15) is 0 Å². The van der Waals surface area contributed by atoms with Gasteiger partial charge in [0.25, 0.3) is 0 Å². The number of rotatable bonds is 1. The molecule has 0 saturated heterocycles. The Labute approximate surface area is 130 Å². The van der Waals surface area contributed by atoms with E-state index in [2.05, 4.69) is 62.2 Å². The predicted octanol–water partition coefficient (Wildman–Crippen LogP) is 4.38. The maximum atomic E-state index is 6.19. The number of fused-ring (bicyclic) bond motifs is 2. The molecule has 2 aliphatic rings. The third-order valence-corrected chi connectivity index (χ3v) is 4.34. The van der Waals surface area contributed by atoms with E-state index in [0.29, 0.717) is 0 Å². The van der Waals surface area contributed by atoms with Gasteiger partial charge in [0, 0.05) is 36.0 Å². The van der Waals surface area contributed by atoms with Crippen LogP contribution in [-0.4, -0.2) is 19.8 Å². The van der Waals surface area contributed by atoms with Crippen molar-refractivity contribution in [3.05, 3.63) is 53.6 Å². The third kappa shape index (κ3) is 1.75. The molecule has 3 nitrogen and oxygen atoms in total. The van der Waals surface area contributed by atoms with E-state index in [-0.39, 0.29) is 5.60 Å². The van der Waals surface area contributed by atoms with Crippen molar-refractivity contribution in [2.24, 2.45) is 0 Å². The van der Waals surface area contributed by atoms with Crippen molar-refractivity contribution in [1.29, 1.82) is 0 Å². The smallest absolute Gasteiger partial charge is 0.134 e. The predicted molar refractivity (Wildman–Crippen MR) is 89.3 cm³/mol. The zero-order chi connectivity index (χ0) is 15.5. The van der Waals surface area contributed by atoms with Crippen LogP contribution in [0.5, 0.6) is 11.5 Å². The maximum absolute atomic E-state index is 6.19. The van der Waals surface area contributed by atoms with Crippen molar-refractivity contribution in [1.82, 2.24) is 0 Å². The van der Waals surface area contributed by atoms with Crippen LogP contribution in [0.1, 0.15) is 25.0 Å². The SMILES string of the molecule is COc1cc2c3c(c1)N(C)c1ccccc1C3=CC(C)(C)O2. The number of methoxy groups -OCH3 is 1. The zero-order valence-corrected chi connectivity index (χ0v) is 13.3. The average molecular weight is 293 g/mol. The molecule has 0 aliphatic carbocycles. The van der Waals surface area contributed by atoms with Crippen LogP contribution in [0.3, 0.4) is 0 Å². The molecule has 22 heavy (non-hydrogen) atoms. The van der Waals surface area contributed by atoms with E-state index >= 15 is 0 Å². The summed E-state index contributed by atoms with van der Waals surface area (Å²) in [5.74, 6) is 1.70. The van der Waals surface area contributed by atoms with Gasteiger partial charge in [0.1, 0.15) is 17.1 Å². The first-order valence-electron chi connectivity index (χ1n) is 7.47. The average Bonchev–Trinajstić information content (AvgIpc) is 2.50. The Morgan fingerprint density at radius 1 is 1.09 bits per heavy atom. The Morgan fingerprint density at radius 2 is 1.86 bits per heavy atom. The molecule has 112 valence electrons. The van der Waals surface area contributed by atoms with Gasteiger partial charge in [-0.1, -0.05) is 18.2 Å². The van der Waals surface area contributed by atoms with Crippen LogP contribution in [0.2, 0.25) is 0 Å². The molecular formula is C19H19NO2. The molecule has 4 rings (SSSR count). The maximum Gasteiger partial charge on any atom is 0.134 e. The Bertz CT molecular complexity index is 805. The lowest BCUT2D eigenvalue weighted by atomic mass is 9.85. The summed E-state index contributed by atoms with van der Waals surface area (Å²) >= 11 is 0. The summed E-state index contributed by atoms with van der Waals surface area (Å²) in [6.07, 6.45) is 2.22. The van der Waals surface area contributed by atoms with Crippen molar-refractivity contribution in [2.75, 3.05) is 19.1 Å². The quantitative estimate of drug-likeness (QED) is 0.779. The second-order valence-corrected chi connectivity index (χ2v) is 6.36. The van der Waals surface area contributed by atoms with Gasteiger partial charge in [-0.05, 0) is 31.6 Å². The highest BCUT2D eigenvalue weighted by Gasteiger charge is 2.34. The lowest BCUT2D eigenvalue weighted by Crippen LogP contribution is -2.31. The molecule has 0 radical (unpaired) electrons. The number of benzene rings is 2. The number of nitrogens with zero attached hydrogens (tertiary/aromatic N) is 1. The van der Waals surface area contributed by atoms with E-state index in [1.807, 2.05) is 6.07 Å². The number of hydrogen-bond donors (Lipinski definition) is 0. The number of hydrogen-bond acceptors (Lipinski definition) is 3. The van der Waals surface area contributed by atoms with Crippen LogP contribution in [0, 0.1) is 0 Å². The lowest BCUT2D eigenvalue weighted by Gasteiger charge is -2.39. The molecule has 0 aromatic heterocycles. The van der Waals surface area contributed by atoms with Gasteiger partial charge in [-0.25, -0.2) is 0 Å². The Kier molecular flexibility index (Phi) is 2.59. The molecule has 2 aromatic rings. The molecule has 0 atom stereocenters. The van der Waals surface area contributed by atoms with Gasteiger partial charge in [-0.2, -0.15) is 0 Å². The van der Waals surface area contributed by atoms with Crippen molar-refractivity contribution < 1.29 is 9.47 Å². The van der Waals surface area contributed by atoms with Gasteiger partial charge in [-0.3, -0.25) is 0 Å². The molecule has 2 aromatic carbocycles. The summed E-state index contributed by atoms with van der Waals surface area (Å²) in [5.41, 5.74) is 5.64. The van der Waals surface area contributed by atoms with E-state index in [4.69, 9.17) is 9.47 Å². The second kappa shape index (κ2) is 4.29. The van der Waals surface area contributed by atoms with Crippen LogP contribution in [0.25, 0.3) is 5.57 Å². The fraction of sp³-hybridized carbons (Fsp3) is 0.263. The monoisotopic (exact) mass is 293 g/mol. The standard InChI is InChI=1S/C19H19NO2/c1-19(2)11-14-13-7-5-6-8-15(13)20(3)16-9-12(21-4)10-17(22-19)18(14)16/h5-11H,1-4H3. The minimum atomic E-state index is -0.338. The lowest BCUT2D eigenvalue weighted by molar-refractivity contribution is 0.157. The first kappa shape index (κ1) is 13.3. The van der Waals surface area contributed by atoms with E-state index < -0.39 is 0 Å². The van der Waals surface area contributed by atoms with Crippen LogP contribution in [-0.2, 0) is 0 Å². The van der Waals surface area contributed by atoms with Gasteiger partial charge in [0.05, 0.1) is 12.8 Å². The highest BCUT2D eigenvalue weighted by molar-refractivity contribution is 6.01. The van der Waals surface area contributed by atoms with Crippen LogP contribution in [0.15, 0.2) is 42.5 Å². The van der Waals surface area contributed by atoms with Crippen molar-refractivity contribution >= 4 is 16.9 Å². The molecule has 0 unspecified atom stereocenters. The minimum Gasteiger partial charge on any atom is -0.497 e. The first-order valence-corrected chi connectivity index (χ1v) is 7.47. The molecular weight excluding hydrogens is 274 g/mol. The van der Waals surface area contributed by atoms with Crippen LogP contribution < -0.4 is 14.4 Å². The van der Waals surface area contributed by atoms with Crippen LogP contribution in [0.4, 0.5) is 11.4 Å². The minimum absolute atomic E-state index is 0.338. The molecule has 0 bridgehead atoms.